The maximum Gasteiger partial charge on any atom is 0.160 e. The Kier molecular flexibility index (Phi) is 5.33. The highest BCUT2D eigenvalue weighted by molar-refractivity contribution is 8.03. The number of carbonyl (C=O) groups excluding carboxylic acids is 1. The molecule has 26 heavy (non-hydrogen) atoms. The van der Waals surface area contributed by atoms with Gasteiger partial charge in [0, 0.05) is 16.2 Å². The lowest BCUT2D eigenvalue weighted by Gasteiger charge is -2.28. The maximum atomic E-state index is 11.7. The van der Waals surface area contributed by atoms with Gasteiger partial charge in [-0.15, -0.1) is 0 Å². The Balaban J connectivity index is 1.79. The third kappa shape index (κ3) is 4.22. The van der Waals surface area contributed by atoms with Crippen LogP contribution < -0.4 is 4.74 Å². The van der Waals surface area contributed by atoms with Crippen LogP contribution in [0.2, 0.25) is 0 Å². The first-order valence-electron chi connectivity index (χ1n) is 8.99. The van der Waals surface area contributed by atoms with E-state index in [2.05, 4.69) is 41.1 Å². The summed E-state index contributed by atoms with van der Waals surface area (Å²) in [4.78, 5) is 14.1. The Morgan fingerprint density at radius 3 is 2.62 bits per heavy atom. The average molecular weight is 375 g/mol. The van der Waals surface area contributed by atoms with Crippen LogP contribution in [-0.4, -0.2) is 55.8 Å². The first kappa shape index (κ1) is 19.2. The fourth-order valence-corrected chi connectivity index (χ4v) is 4.73. The van der Waals surface area contributed by atoms with Gasteiger partial charge < -0.3 is 14.3 Å². The lowest BCUT2D eigenvalue weighted by atomic mass is 9.95. The molecule has 1 aromatic rings. The van der Waals surface area contributed by atoms with Crippen LogP contribution in [0.25, 0.3) is 0 Å². The number of ether oxygens (including phenoxy) is 1. The summed E-state index contributed by atoms with van der Waals surface area (Å²) in [7, 11) is 6.17. The van der Waals surface area contributed by atoms with Crippen LogP contribution in [-0.2, 0) is 11.2 Å². The zero-order chi connectivity index (χ0) is 19.1. The van der Waals surface area contributed by atoms with E-state index in [1.54, 1.807) is 17.8 Å². The van der Waals surface area contributed by atoms with E-state index in [-0.39, 0.29) is 5.78 Å². The number of benzene rings is 1. The van der Waals surface area contributed by atoms with Gasteiger partial charge in [0.1, 0.15) is 25.0 Å². The van der Waals surface area contributed by atoms with Gasteiger partial charge in [-0.05, 0) is 54.7 Å². The molecule has 0 amide bonds. The van der Waals surface area contributed by atoms with Crippen molar-refractivity contribution < 1.29 is 19.1 Å². The van der Waals surface area contributed by atoms with E-state index >= 15 is 0 Å². The second-order valence-electron chi connectivity index (χ2n) is 8.25. The molecule has 0 saturated carbocycles. The summed E-state index contributed by atoms with van der Waals surface area (Å²) < 4.78 is 6.69. The van der Waals surface area contributed by atoms with Crippen molar-refractivity contribution in [1.82, 2.24) is 0 Å². The predicted molar refractivity (Wildman–Crippen MR) is 106 cm³/mol. The minimum atomic E-state index is -0.498. The average Bonchev–Trinajstić information content (AvgIpc) is 2.54. The lowest BCUT2D eigenvalue weighted by Crippen LogP contribution is -2.43. The van der Waals surface area contributed by atoms with Crippen LogP contribution in [0.5, 0.6) is 5.75 Å². The molecule has 140 valence electrons. The predicted octanol–water partition coefficient (Wildman–Crippen LogP) is 3.18. The second-order valence-corrected chi connectivity index (χ2v) is 9.36. The molecule has 0 bridgehead atoms. The molecule has 1 unspecified atom stereocenters. The zero-order valence-corrected chi connectivity index (χ0v) is 17.1. The van der Waals surface area contributed by atoms with E-state index in [0.717, 1.165) is 17.7 Å². The van der Waals surface area contributed by atoms with Crippen LogP contribution in [0.1, 0.15) is 23.1 Å². The topological polar surface area (TPSA) is 46.5 Å². The molecule has 4 nitrogen and oxygen atoms in total. The summed E-state index contributed by atoms with van der Waals surface area (Å²) in [5, 5.41) is 10.2. The number of nitrogens with zero attached hydrogens (tertiary/aromatic N) is 1. The van der Waals surface area contributed by atoms with E-state index in [0.29, 0.717) is 24.1 Å². The summed E-state index contributed by atoms with van der Waals surface area (Å²) in [6.07, 6.45) is 4.49. The highest BCUT2D eigenvalue weighted by atomic mass is 32.2. The lowest BCUT2D eigenvalue weighted by molar-refractivity contribution is -0.873. The van der Waals surface area contributed by atoms with Gasteiger partial charge in [0.05, 0.1) is 21.1 Å². The van der Waals surface area contributed by atoms with Crippen molar-refractivity contribution in [2.75, 3.05) is 34.3 Å². The second kappa shape index (κ2) is 7.22. The number of rotatable bonds is 5. The van der Waals surface area contributed by atoms with Crippen LogP contribution in [0, 0.1) is 13.8 Å². The SMILES string of the molecule is Cc1c(OCC(O)C[N+](C)(C)C)cc2c(c1C)SC1=C(C=CC(=O)C1)C2. The van der Waals surface area contributed by atoms with E-state index in [1.165, 1.54) is 26.5 Å². The number of aliphatic hydroxyl groups excluding tert-OH is 1. The smallest absolute Gasteiger partial charge is 0.160 e. The molecule has 1 aromatic carbocycles. The van der Waals surface area contributed by atoms with Gasteiger partial charge in [0.15, 0.2) is 5.78 Å². The monoisotopic (exact) mass is 374 g/mol. The molecule has 3 rings (SSSR count). The normalized spacial score (nSPS) is 17.8. The molecule has 0 radical (unpaired) electrons. The van der Waals surface area contributed by atoms with E-state index in [1.807, 2.05) is 6.08 Å². The standard InChI is InChI=1S/C21H28NO3S/c1-13-14(2)21-16(8-15-6-7-17(23)10-20(15)26-21)9-19(13)25-12-18(24)11-22(3,4)5/h6-7,9,18,24H,8,10-12H2,1-5H3/q+1. The van der Waals surface area contributed by atoms with Gasteiger partial charge in [0.2, 0.25) is 0 Å². The molecule has 0 aromatic heterocycles. The molecular formula is C21H28NO3S+. The van der Waals surface area contributed by atoms with Crippen molar-refractivity contribution in [2.45, 2.75) is 37.7 Å². The molecule has 0 fully saturated rings. The molecule has 5 heteroatoms. The number of hydrogen-bond donors (Lipinski definition) is 1. The number of aliphatic hydroxyl groups is 1. The molecular weight excluding hydrogens is 346 g/mol. The van der Waals surface area contributed by atoms with Crippen LogP contribution in [0.3, 0.4) is 0 Å². The maximum absolute atomic E-state index is 11.7. The largest absolute Gasteiger partial charge is 0.490 e. The summed E-state index contributed by atoms with van der Waals surface area (Å²) in [5.41, 5.74) is 4.79. The Morgan fingerprint density at radius 1 is 1.19 bits per heavy atom. The van der Waals surface area contributed by atoms with Gasteiger partial charge in [-0.3, -0.25) is 4.79 Å². The van der Waals surface area contributed by atoms with Gasteiger partial charge >= 0.3 is 0 Å². The molecule has 1 N–H and O–H groups in total. The number of fused-ring (bicyclic) bond motifs is 1. The van der Waals surface area contributed by atoms with Crippen molar-refractivity contribution >= 4 is 17.5 Å². The van der Waals surface area contributed by atoms with Gasteiger partial charge in [-0.2, -0.15) is 0 Å². The third-order valence-corrected chi connectivity index (χ3v) is 6.25. The first-order chi connectivity index (χ1) is 12.1. The van der Waals surface area contributed by atoms with Crippen LogP contribution >= 0.6 is 11.8 Å². The minimum absolute atomic E-state index is 0.181. The van der Waals surface area contributed by atoms with Gasteiger partial charge in [-0.25, -0.2) is 0 Å². The van der Waals surface area contributed by atoms with E-state index < -0.39 is 6.10 Å². The molecule has 0 spiro atoms. The third-order valence-electron chi connectivity index (χ3n) is 4.83. The molecule has 1 aliphatic carbocycles. The Morgan fingerprint density at radius 2 is 1.92 bits per heavy atom. The summed E-state index contributed by atoms with van der Waals surface area (Å²) >= 11 is 1.73. The molecule has 1 heterocycles. The van der Waals surface area contributed by atoms with Crippen molar-refractivity contribution in [3.8, 4) is 5.75 Å². The van der Waals surface area contributed by atoms with Gasteiger partial charge in [0.25, 0.3) is 0 Å². The first-order valence-corrected chi connectivity index (χ1v) is 9.81. The van der Waals surface area contributed by atoms with Gasteiger partial charge in [-0.1, -0.05) is 17.8 Å². The van der Waals surface area contributed by atoms with Crippen molar-refractivity contribution in [1.29, 1.82) is 0 Å². The number of thioether (sulfide) groups is 1. The van der Waals surface area contributed by atoms with Crippen molar-refractivity contribution in [2.24, 2.45) is 0 Å². The zero-order valence-electron chi connectivity index (χ0n) is 16.3. The van der Waals surface area contributed by atoms with Crippen LogP contribution in [0.4, 0.5) is 0 Å². The Bertz CT molecular complexity index is 802. The number of quaternary nitrogens is 1. The Labute approximate surface area is 160 Å². The fourth-order valence-electron chi connectivity index (χ4n) is 3.43. The fraction of sp³-hybridized carbons (Fsp3) is 0.476. The molecule has 1 aliphatic heterocycles. The number of allylic oxidation sites excluding steroid dienone is 4. The number of carbonyl (C=O) groups is 1. The minimum Gasteiger partial charge on any atom is -0.490 e. The highest BCUT2D eigenvalue weighted by Gasteiger charge is 2.25. The van der Waals surface area contributed by atoms with E-state index in [9.17, 15) is 9.90 Å². The van der Waals surface area contributed by atoms with Crippen molar-refractivity contribution in [3.63, 3.8) is 0 Å². The quantitative estimate of drug-likeness (QED) is 0.804. The van der Waals surface area contributed by atoms with Crippen LogP contribution in [0.15, 0.2) is 33.6 Å². The highest BCUT2D eigenvalue weighted by Crippen LogP contribution is 2.46. The summed E-state index contributed by atoms with van der Waals surface area (Å²) in [5.74, 6) is 1.03. The molecule has 1 atom stereocenters. The number of hydrogen-bond acceptors (Lipinski definition) is 4. The van der Waals surface area contributed by atoms with E-state index in [4.69, 9.17) is 4.74 Å². The number of ketones is 1. The Hall–Kier alpha value is -1.56. The molecule has 2 aliphatic rings. The molecule has 0 saturated heterocycles. The number of likely N-dealkylation sites (N-methyl/N-ethyl adjacent to an activating group) is 1. The van der Waals surface area contributed by atoms with Crippen molar-refractivity contribution in [3.05, 3.63) is 45.4 Å². The summed E-state index contributed by atoms with van der Waals surface area (Å²) in [6, 6.07) is 2.11. The summed E-state index contributed by atoms with van der Waals surface area (Å²) in [6.45, 7) is 5.12.